The van der Waals surface area contributed by atoms with Crippen LogP contribution in [-0.2, 0) is 0 Å². The Kier molecular flexibility index (Phi) is 2.48. The summed E-state index contributed by atoms with van der Waals surface area (Å²) in [5.74, 6) is 0.0316. The van der Waals surface area contributed by atoms with Gasteiger partial charge in [-0.1, -0.05) is 12.1 Å². The lowest BCUT2D eigenvalue weighted by atomic mass is 9.92. The van der Waals surface area contributed by atoms with Gasteiger partial charge in [-0.3, -0.25) is 9.59 Å². The van der Waals surface area contributed by atoms with Gasteiger partial charge in [0.25, 0.3) is 0 Å². The third kappa shape index (κ3) is 1.39. The minimum absolute atomic E-state index is 0.183. The van der Waals surface area contributed by atoms with E-state index in [4.69, 9.17) is 4.74 Å². The van der Waals surface area contributed by atoms with Crippen molar-refractivity contribution in [2.75, 3.05) is 14.2 Å². The molecule has 0 bridgehead atoms. The third-order valence-electron chi connectivity index (χ3n) is 2.53. The van der Waals surface area contributed by atoms with Crippen molar-refractivity contribution in [3.63, 3.8) is 0 Å². The highest BCUT2D eigenvalue weighted by molar-refractivity contribution is 6.25. The standard InChI is InChI=1S/C12H11NO3/c1-13-8-6-9(14)7-4-3-5-10(16-2)11(7)12(8)15/h3-6,13H,1-2H3. The molecule has 0 heterocycles. The average Bonchev–Trinajstić information content (AvgIpc) is 2.32. The van der Waals surface area contributed by atoms with Crippen LogP contribution in [0.25, 0.3) is 0 Å². The predicted octanol–water partition coefficient (Wildman–Crippen LogP) is 1.18. The van der Waals surface area contributed by atoms with Gasteiger partial charge in [-0.2, -0.15) is 0 Å². The predicted molar refractivity (Wildman–Crippen MR) is 58.8 cm³/mol. The first kappa shape index (κ1) is 10.4. The molecule has 0 aromatic heterocycles. The van der Waals surface area contributed by atoms with Gasteiger partial charge in [-0.25, -0.2) is 0 Å². The molecule has 1 aromatic carbocycles. The maximum atomic E-state index is 12.0. The van der Waals surface area contributed by atoms with Crippen LogP contribution in [0.3, 0.4) is 0 Å². The summed E-state index contributed by atoms with van der Waals surface area (Å²) in [7, 11) is 3.09. The van der Waals surface area contributed by atoms with Gasteiger partial charge in [0, 0.05) is 18.7 Å². The van der Waals surface area contributed by atoms with Crippen LogP contribution in [0.15, 0.2) is 30.0 Å². The quantitative estimate of drug-likeness (QED) is 0.808. The molecule has 0 spiro atoms. The minimum Gasteiger partial charge on any atom is -0.496 e. The number of ketones is 2. The van der Waals surface area contributed by atoms with Crippen LogP contribution in [0.1, 0.15) is 20.7 Å². The number of rotatable bonds is 2. The van der Waals surface area contributed by atoms with E-state index < -0.39 is 0 Å². The number of allylic oxidation sites excluding steroid dienone is 2. The van der Waals surface area contributed by atoms with Crippen molar-refractivity contribution < 1.29 is 14.3 Å². The molecule has 4 nitrogen and oxygen atoms in total. The van der Waals surface area contributed by atoms with Crippen molar-refractivity contribution in [3.8, 4) is 5.75 Å². The highest BCUT2D eigenvalue weighted by Gasteiger charge is 2.27. The van der Waals surface area contributed by atoms with Gasteiger partial charge in [0.05, 0.1) is 18.4 Å². The first-order valence-corrected chi connectivity index (χ1v) is 4.84. The second-order valence-corrected chi connectivity index (χ2v) is 3.38. The molecule has 0 saturated heterocycles. The number of fused-ring (bicyclic) bond motifs is 1. The van der Waals surface area contributed by atoms with E-state index >= 15 is 0 Å². The van der Waals surface area contributed by atoms with E-state index in [1.807, 2.05) is 0 Å². The Hall–Kier alpha value is -2.10. The van der Waals surface area contributed by atoms with Crippen LogP contribution in [0.2, 0.25) is 0 Å². The Morgan fingerprint density at radius 2 is 2.00 bits per heavy atom. The van der Waals surface area contributed by atoms with Crippen LogP contribution >= 0.6 is 0 Å². The van der Waals surface area contributed by atoms with Gasteiger partial charge in [0.15, 0.2) is 5.78 Å². The summed E-state index contributed by atoms with van der Waals surface area (Å²) in [6.07, 6.45) is 1.31. The van der Waals surface area contributed by atoms with Crippen molar-refractivity contribution >= 4 is 11.6 Å². The fourth-order valence-corrected chi connectivity index (χ4v) is 1.74. The van der Waals surface area contributed by atoms with Gasteiger partial charge in [0.2, 0.25) is 5.78 Å². The summed E-state index contributed by atoms with van der Waals surface area (Å²) < 4.78 is 5.10. The van der Waals surface area contributed by atoms with Gasteiger partial charge in [-0.05, 0) is 6.07 Å². The molecule has 0 unspecified atom stereocenters. The number of likely N-dealkylation sites (N-methyl/N-ethyl adjacent to an activating group) is 1. The summed E-state index contributed by atoms with van der Waals surface area (Å²) in [6.45, 7) is 0. The summed E-state index contributed by atoms with van der Waals surface area (Å²) in [4.78, 5) is 23.8. The van der Waals surface area contributed by atoms with E-state index in [2.05, 4.69) is 5.32 Å². The first-order valence-electron chi connectivity index (χ1n) is 4.84. The Balaban J connectivity index is 2.66. The van der Waals surface area contributed by atoms with E-state index in [1.165, 1.54) is 13.2 Å². The summed E-state index contributed by atoms with van der Waals surface area (Å²) in [5, 5.41) is 2.71. The van der Waals surface area contributed by atoms with E-state index in [9.17, 15) is 9.59 Å². The molecule has 1 N–H and O–H groups in total. The van der Waals surface area contributed by atoms with Gasteiger partial charge in [-0.15, -0.1) is 0 Å². The first-order chi connectivity index (χ1) is 7.69. The molecule has 0 amide bonds. The van der Waals surface area contributed by atoms with E-state index in [1.54, 1.807) is 25.2 Å². The summed E-state index contributed by atoms with van der Waals surface area (Å²) in [5.41, 5.74) is 1.02. The maximum Gasteiger partial charge on any atom is 0.213 e. The molecule has 0 saturated carbocycles. The van der Waals surface area contributed by atoms with E-state index in [0.717, 1.165) is 0 Å². The molecule has 16 heavy (non-hydrogen) atoms. The number of methoxy groups -OCH3 is 1. The van der Waals surface area contributed by atoms with Gasteiger partial charge in [0.1, 0.15) is 5.75 Å². The van der Waals surface area contributed by atoms with Crippen LogP contribution in [0, 0.1) is 0 Å². The molecule has 82 valence electrons. The number of benzene rings is 1. The number of carbonyl (C=O) groups is 2. The van der Waals surface area contributed by atoms with Crippen molar-refractivity contribution in [3.05, 3.63) is 41.1 Å². The molecule has 0 radical (unpaired) electrons. The number of nitrogens with one attached hydrogen (secondary N) is 1. The molecular weight excluding hydrogens is 206 g/mol. The van der Waals surface area contributed by atoms with E-state index in [-0.39, 0.29) is 11.6 Å². The topological polar surface area (TPSA) is 55.4 Å². The van der Waals surface area contributed by atoms with Crippen LogP contribution < -0.4 is 10.1 Å². The molecular formula is C12H11NO3. The molecule has 1 aliphatic rings. The number of ether oxygens (including phenoxy) is 1. The average molecular weight is 217 g/mol. The molecule has 4 heteroatoms. The van der Waals surface area contributed by atoms with Crippen LogP contribution in [0.5, 0.6) is 5.75 Å². The SMILES string of the molecule is CNC1=CC(=O)c2cccc(OC)c2C1=O. The van der Waals surface area contributed by atoms with Crippen molar-refractivity contribution in [1.82, 2.24) is 5.32 Å². The minimum atomic E-state index is -0.213. The lowest BCUT2D eigenvalue weighted by Crippen LogP contribution is -2.24. The highest BCUT2D eigenvalue weighted by atomic mass is 16.5. The fourth-order valence-electron chi connectivity index (χ4n) is 1.74. The largest absolute Gasteiger partial charge is 0.496 e. The van der Waals surface area contributed by atoms with Gasteiger partial charge < -0.3 is 10.1 Å². The third-order valence-corrected chi connectivity index (χ3v) is 2.53. The maximum absolute atomic E-state index is 12.0. The number of hydrogen-bond donors (Lipinski definition) is 1. The number of carbonyl (C=O) groups excluding carboxylic acids is 2. The highest BCUT2D eigenvalue weighted by Crippen LogP contribution is 2.28. The Labute approximate surface area is 92.9 Å². The summed E-state index contributed by atoms with van der Waals surface area (Å²) >= 11 is 0. The van der Waals surface area contributed by atoms with Crippen molar-refractivity contribution in [1.29, 1.82) is 0 Å². The van der Waals surface area contributed by atoms with Gasteiger partial charge >= 0.3 is 0 Å². The molecule has 0 atom stereocenters. The number of hydrogen-bond acceptors (Lipinski definition) is 4. The lowest BCUT2D eigenvalue weighted by molar-refractivity contribution is 0.0976. The molecule has 2 rings (SSSR count). The lowest BCUT2D eigenvalue weighted by Gasteiger charge is -2.17. The molecule has 0 fully saturated rings. The normalized spacial score (nSPS) is 14.2. The van der Waals surface area contributed by atoms with Crippen molar-refractivity contribution in [2.24, 2.45) is 0 Å². The fraction of sp³-hybridized carbons (Fsp3) is 0.167. The Morgan fingerprint density at radius 1 is 1.25 bits per heavy atom. The smallest absolute Gasteiger partial charge is 0.213 e. The van der Waals surface area contributed by atoms with Crippen LogP contribution in [-0.4, -0.2) is 25.7 Å². The molecule has 1 aromatic rings. The second kappa shape index (κ2) is 3.81. The second-order valence-electron chi connectivity index (χ2n) is 3.38. The zero-order valence-electron chi connectivity index (χ0n) is 9.03. The zero-order chi connectivity index (χ0) is 11.7. The summed E-state index contributed by atoms with van der Waals surface area (Å²) in [6, 6.07) is 4.99. The van der Waals surface area contributed by atoms with Crippen LogP contribution in [0.4, 0.5) is 0 Å². The zero-order valence-corrected chi connectivity index (χ0v) is 9.03. The van der Waals surface area contributed by atoms with Crippen molar-refractivity contribution in [2.45, 2.75) is 0 Å². The number of Topliss-reactive ketones (excluding diaryl/α,β-unsaturated/α-hetero) is 1. The molecule has 0 aliphatic heterocycles. The Morgan fingerprint density at radius 3 is 2.62 bits per heavy atom. The monoisotopic (exact) mass is 217 g/mol. The van der Waals surface area contributed by atoms with E-state index in [0.29, 0.717) is 22.6 Å². The molecule has 1 aliphatic carbocycles. The Bertz CT molecular complexity index is 503.